The third-order valence-electron chi connectivity index (χ3n) is 3.11. The molecule has 2 heterocycles. The molecule has 1 N–H and O–H groups in total. The molecule has 0 amide bonds. The number of hydrogen-bond donors (Lipinski definition) is 1. The van der Waals surface area contributed by atoms with Gasteiger partial charge in [-0.05, 0) is 40.4 Å². The molecule has 5 nitrogen and oxygen atoms in total. The number of hydrogen-bond acceptors (Lipinski definition) is 4. The Morgan fingerprint density at radius 1 is 1.44 bits per heavy atom. The molecule has 0 aliphatic carbocycles. The summed E-state index contributed by atoms with van der Waals surface area (Å²) in [4.78, 5) is 2.19. The van der Waals surface area contributed by atoms with Crippen LogP contribution in [0.4, 0.5) is 0 Å². The lowest BCUT2D eigenvalue weighted by Gasteiger charge is -2.15. The average Bonchev–Trinajstić information content (AvgIpc) is 2.83. The number of likely N-dealkylation sites (N-methyl/N-ethyl adjacent to an activating group) is 1. The van der Waals surface area contributed by atoms with Crippen molar-refractivity contribution in [3.63, 3.8) is 0 Å². The first-order valence-corrected chi connectivity index (χ1v) is 5.96. The van der Waals surface area contributed by atoms with E-state index < -0.39 is 0 Å². The van der Waals surface area contributed by atoms with Crippen molar-refractivity contribution in [2.45, 2.75) is 32.4 Å². The Balaban J connectivity index is 2.11. The molecule has 1 atom stereocenters. The molecule has 1 saturated heterocycles. The van der Waals surface area contributed by atoms with Gasteiger partial charge >= 0.3 is 0 Å². The van der Waals surface area contributed by atoms with Crippen molar-refractivity contribution in [3.05, 3.63) is 11.6 Å². The van der Waals surface area contributed by atoms with Crippen LogP contribution >= 0.6 is 0 Å². The van der Waals surface area contributed by atoms with Gasteiger partial charge in [0.15, 0.2) is 0 Å². The van der Waals surface area contributed by atoms with E-state index in [9.17, 15) is 0 Å². The summed E-state index contributed by atoms with van der Waals surface area (Å²) in [6, 6.07) is 0.406. The third kappa shape index (κ3) is 2.41. The third-order valence-corrected chi connectivity index (χ3v) is 3.11. The Labute approximate surface area is 96.8 Å². The van der Waals surface area contributed by atoms with Crippen LogP contribution in [-0.2, 0) is 6.54 Å². The molecule has 1 aromatic rings. The normalized spacial score (nSPS) is 20.9. The second-order valence-corrected chi connectivity index (χ2v) is 4.71. The summed E-state index contributed by atoms with van der Waals surface area (Å²) in [5.74, 6) is 2.13. The first kappa shape index (κ1) is 11.5. The summed E-state index contributed by atoms with van der Waals surface area (Å²) < 4.78 is 2.24. The van der Waals surface area contributed by atoms with Crippen molar-refractivity contribution < 1.29 is 0 Å². The molecule has 1 fully saturated rings. The van der Waals surface area contributed by atoms with Gasteiger partial charge < -0.3 is 14.8 Å². The van der Waals surface area contributed by atoms with E-state index in [4.69, 9.17) is 0 Å². The summed E-state index contributed by atoms with van der Waals surface area (Å²) in [5, 5.41) is 12.0. The zero-order valence-corrected chi connectivity index (χ0v) is 10.4. The zero-order chi connectivity index (χ0) is 11.5. The minimum atomic E-state index is 0.406. The van der Waals surface area contributed by atoms with E-state index in [0.29, 0.717) is 6.04 Å². The molecular weight excluding hydrogens is 202 g/mol. The minimum Gasteiger partial charge on any atom is -0.313 e. The predicted molar refractivity (Wildman–Crippen MR) is 63.3 cm³/mol. The Hall–Kier alpha value is -0.940. The first-order chi connectivity index (χ1) is 7.68. The van der Waals surface area contributed by atoms with Gasteiger partial charge in [-0.25, -0.2) is 0 Å². The topological polar surface area (TPSA) is 46.0 Å². The van der Waals surface area contributed by atoms with Crippen LogP contribution in [-0.4, -0.2) is 46.8 Å². The van der Waals surface area contributed by atoms with Crippen molar-refractivity contribution in [2.75, 3.05) is 27.2 Å². The van der Waals surface area contributed by atoms with Crippen molar-refractivity contribution >= 4 is 0 Å². The van der Waals surface area contributed by atoms with Gasteiger partial charge in [-0.3, -0.25) is 0 Å². The molecule has 0 radical (unpaired) electrons. The van der Waals surface area contributed by atoms with Crippen LogP contribution in [0.5, 0.6) is 0 Å². The maximum Gasteiger partial charge on any atom is 0.150 e. The van der Waals surface area contributed by atoms with Crippen molar-refractivity contribution in [1.82, 2.24) is 25.0 Å². The van der Waals surface area contributed by atoms with Crippen molar-refractivity contribution in [1.29, 1.82) is 0 Å². The van der Waals surface area contributed by atoms with Crippen LogP contribution in [0.15, 0.2) is 0 Å². The fraction of sp³-hybridized carbons (Fsp3) is 0.818. The van der Waals surface area contributed by atoms with Gasteiger partial charge in [0, 0.05) is 13.1 Å². The molecule has 0 bridgehead atoms. The molecule has 1 aromatic heterocycles. The summed E-state index contributed by atoms with van der Waals surface area (Å²) >= 11 is 0. The van der Waals surface area contributed by atoms with Crippen LogP contribution in [0, 0.1) is 6.92 Å². The van der Waals surface area contributed by atoms with Gasteiger partial charge in [-0.15, -0.1) is 10.2 Å². The number of aryl methyl sites for hydroxylation is 1. The second-order valence-electron chi connectivity index (χ2n) is 4.71. The minimum absolute atomic E-state index is 0.406. The van der Waals surface area contributed by atoms with Crippen LogP contribution in [0.3, 0.4) is 0 Å². The summed E-state index contributed by atoms with van der Waals surface area (Å²) in [5.41, 5.74) is 0. The quantitative estimate of drug-likeness (QED) is 0.811. The van der Waals surface area contributed by atoms with Crippen LogP contribution < -0.4 is 5.32 Å². The van der Waals surface area contributed by atoms with Gasteiger partial charge in [-0.2, -0.15) is 0 Å². The number of nitrogens with zero attached hydrogens (tertiary/aromatic N) is 4. The lowest BCUT2D eigenvalue weighted by atomic mass is 10.2. The molecule has 0 spiro atoms. The largest absolute Gasteiger partial charge is 0.313 e. The van der Waals surface area contributed by atoms with Gasteiger partial charge in [-0.1, -0.05) is 0 Å². The van der Waals surface area contributed by atoms with Crippen LogP contribution in [0.1, 0.15) is 30.5 Å². The van der Waals surface area contributed by atoms with E-state index >= 15 is 0 Å². The van der Waals surface area contributed by atoms with E-state index in [1.54, 1.807) is 0 Å². The van der Waals surface area contributed by atoms with E-state index in [1.165, 1.54) is 12.8 Å². The first-order valence-electron chi connectivity index (χ1n) is 5.96. The molecule has 1 aliphatic rings. The molecule has 0 aromatic carbocycles. The Bertz CT molecular complexity index is 338. The fourth-order valence-electron chi connectivity index (χ4n) is 2.14. The average molecular weight is 223 g/mol. The maximum atomic E-state index is 4.31. The standard InChI is InChI=1S/C11H21N5/c1-9-13-14-11(10-5-4-6-12-10)16(9)8-7-15(2)3/h10,12H,4-8H2,1-3H3. The maximum absolute atomic E-state index is 4.31. The highest BCUT2D eigenvalue weighted by atomic mass is 15.3. The van der Waals surface area contributed by atoms with Crippen LogP contribution in [0.2, 0.25) is 0 Å². The van der Waals surface area contributed by atoms with Crippen LogP contribution in [0.25, 0.3) is 0 Å². The van der Waals surface area contributed by atoms with Gasteiger partial charge in [0.05, 0.1) is 6.04 Å². The molecule has 2 rings (SSSR count). The highest BCUT2D eigenvalue weighted by molar-refractivity contribution is 5.02. The van der Waals surface area contributed by atoms with E-state index in [2.05, 4.69) is 39.1 Å². The van der Waals surface area contributed by atoms with E-state index in [-0.39, 0.29) is 0 Å². The molecule has 90 valence electrons. The van der Waals surface area contributed by atoms with Crippen molar-refractivity contribution in [3.8, 4) is 0 Å². The number of aromatic nitrogens is 3. The summed E-state index contributed by atoms with van der Waals surface area (Å²) in [7, 11) is 4.18. The Morgan fingerprint density at radius 3 is 2.88 bits per heavy atom. The summed E-state index contributed by atoms with van der Waals surface area (Å²) in [6.07, 6.45) is 2.42. The van der Waals surface area contributed by atoms with Gasteiger partial charge in [0.1, 0.15) is 11.6 Å². The molecule has 0 saturated carbocycles. The number of rotatable bonds is 4. The fourth-order valence-corrected chi connectivity index (χ4v) is 2.14. The molecule has 1 aliphatic heterocycles. The predicted octanol–water partition coefficient (Wildman–Crippen LogP) is 0.573. The van der Waals surface area contributed by atoms with Crippen molar-refractivity contribution in [2.24, 2.45) is 0 Å². The zero-order valence-electron chi connectivity index (χ0n) is 10.4. The molecule has 1 unspecified atom stereocenters. The highest BCUT2D eigenvalue weighted by Gasteiger charge is 2.22. The lowest BCUT2D eigenvalue weighted by Crippen LogP contribution is -2.23. The summed E-state index contributed by atoms with van der Waals surface area (Å²) in [6.45, 7) is 5.13. The second kappa shape index (κ2) is 4.93. The smallest absolute Gasteiger partial charge is 0.150 e. The Morgan fingerprint density at radius 2 is 2.25 bits per heavy atom. The number of nitrogens with one attached hydrogen (secondary N) is 1. The van der Waals surface area contributed by atoms with Gasteiger partial charge in [0.25, 0.3) is 0 Å². The van der Waals surface area contributed by atoms with Gasteiger partial charge in [0.2, 0.25) is 0 Å². The lowest BCUT2D eigenvalue weighted by molar-refractivity contribution is 0.374. The van der Waals surface area contributed by atoms with E-state index in [1.807, 2.05) is 6.92 Å². The SMILES string of the molecule is Cc1nnc(C2CCCN2)n1CCN(C)C. The monoisotopic (exact) mass is 223 g/mol. The Kier molecular flexibility index (Phi) is 3.56. The molecular formula is C11H21N5. The van der Waals surface area contributed by atoms with E-state index in [0.717, 1.165) is 31.3 Å². The molecule has 16 heavy (non-hydrogen) atoms. The molecule has 5 heteroatoms. The highest BCUT2D eigenvalue weighted by Crippen LogP contribution is 2.21.